The van der Waals surface area contributed by atoms with Crippen LogP contribution in [0.5, 0.6) is 0 Å². The van der Waals surface area contributed by atoms with E-state index in [-0.39, 0.29) is 12.6 Å². The van der Waals surface area contributed by atoms with Crippen molar-refractivity contribution in [1.29, 1.82) is 5.26 Å². The van der Waals surface area contributed by atoms with E-state index in [9.17, 15) is 10.4 Å². The normalized spacial score (nSPS) is 19.6. The highest BCUT2D eigenvalue weighted by molar-refractivity contribution is 5.66. The summed E-state index contributed by atoms with van der Waals surface area (Å²) in [7, 11) is 2.04. The third-order valence-electron chi connectivity index (χ3n) is 4.43. The number of likely N-dealkylation sites (N-methyl/N-ethyl adjacent to an activating group) is 1. The van der Waals surface area contributed by atoms with Gasteiger partial charge in [-0.15, -0.1) is 0 Å². The van der Waals surface area contributed by atoms with Crippen LogP contribution >= 0.6 is 0 Å². The smallest absolute Gasteiger partial charge is 0.135 e. The van der Waals surface area contributed by atoms with E-state index in [0.717, 1.165) is 43.3 Å². The number of piperazine rings is 1. The molecule has 1 N–H and O–H groups in total. The van der Waals surface area contributed by atoms with Crippen LogP contribution in [0.15, 0.2) is 40.8 Å². The third-order valence-corrected chi connectivity index (χ3v) is 4.43. The molecule has 0 aliphatic carbocycles. The van der Waals surface area contributed by atoms with Gasteiger partial charge in [0, 0.05) is 31.2 Å². The van der Waals surface area contributed by atoms with Crippen molar-refractivity contribution in [2.75, 3.05) is 33.3 Å². The number of furan rings is 1. The van der Waals surface area contributed by atoms with Gasteiger partial charge >= 0.3 is 0 Å². The largest absolute Gasteiger partial charge is 0.460 e. The van der Waals surface area contributed by atoms with Crippen molar-refractivity contribution in [3.63, 3.8) is 0 Å². The number of benzene rings is 1. The number of rotatable bonds is 4. The van der Waals surface area contributed by atoms with E-state index in [0.29, 0.717) is 5.56 Å². The molecule has 5 heteroatoms. The number of nitrogens with zero attached hydrogens (tertiary/aromatic N) is 3. The molecule has 0 spiro atoms. The fraction of sp³-hybridized carbons (Fsp3) is 0.389. The molecule has 0 unspecified atom stereocenters. The molecule has 1 fully saturated rings. The summed E-state index contributed by atoms with van der Waals surface area (Å²) < 4.78 is 5.94. The molecule has 0 radical (unpaired) electrons. The van der Waals surface area contributed by atoms with E-state index < -0.39 is 0 Å². The van der Waals surface area contributed by atoms with Gasteiger partial charge in [0.1, 0.15) is 11.5 Å². The molecule has 120 valence electrons. The number of nitriles is 1. The van der Waals surface area contributed by atoms with Crippen molar-refractivity contribution in [2.24, 2.45) is 0 Å². The lowest BCUT2D eigenvalue weighted by Crippen LogP contribution is -2.52. The number of hydrogen-bond donors (Lipinski definition) is 1. The maximum Gasteiger partial charge on any atom is 0.135 e. The molecule has 2 aromatic rings. The van der Waals surface area contributed by atoms with Gasteiger partial charge in [0.05, 0.1) is 24.8 Å². The van der Waals surface area contributed by atoms with Crippen molar-refractivity contribution in [3.05, 3.63) is 47.7 Å². The van der Waals surface area contributed by atoms with Crippen LogP contribution in [-0.4, -0.2) is 54.2 Å². The fourth-order valence-electron chi connectivity index (χ4n) is 2.97. The second kappa shape index (κ2) is 6.97. The van der Waals surface area contributed by atoms with Crippen LogP contribution in [0.4, 0.5) is 0 Å². The van der Waals surface area contributed by atoms with E-state index in [2.05, 4.69) is 15.9 Å². The summed E-state index contributed by atoms with van der Waals surface area (Å²) in [5.41, 5.74) is 1.45. The summed E-state index contributed by atoms with van der Waals surface area (Å²) in [5, 5.41) is 18.6. The van der Waals surface area contributed by atoms with Crippen LogP contribution in [0.1, 0.15) is 11.3 Å². The summed E-state index contributed by atoms with van der Waals surface area (Å²) in [6.07, 6.45) is 0. The minimum absolute atomic E-state index is 0.173. The molecule has 1 aliphatic rings. The maximum absolute atomic E-state index is 9.43. The summed E-state index contributed by atoms with van der Waals surface area (Å²) in [6, 6.07) is 13.7. The molecular formula is C18H21N3O2. The van der Waals surface area contributed by atoms with E-state index in [4.69, 9.17) is 4.42 Å². The first-order valence-corrected chi connectivity index (χ1v) is 7.83. The lowest BCUT2D eigenvalue weighted by molar-refractivity contribution is 0.0509. The molecule has 0 saturated carbocycles. The monoisotopic (exact) mass is 311 g/mol. The first kappa shape index (κ1) is 15.8. The first-order chi connectivity index (χ1) is 11.2. The van der Waals surface area contributed by atoms with Gasteiger partial charge in [0.2, 0.25) is 0 Å². The minimum Gasteiger partial charge on any atom is -0.460 e. The molecule has 1 aromatic carbocycles. The van der Waals surface area contributed by atoms with Crippen LogP contribution in [0.3, 0.4) is 0 Å². The summed E-state index contributed by atoms with van der Waals surface area (Å²) in [6.45, 7) is 3.62. The average molecular weight is 311 g/mol. The Labute approximate surface area is 136 Å². The molecule has 23 heavy (non-hydrogen) atoms. The van der Waals surface area contributed by atoms with Crippen molar-refractivity contribution in [3.8, 4) is 17.4 Å². The van der Waals surface area contributed by atoms with Crippen LogP contribution < -0.4 is 0 Å². The van der Waals surface area contributed by atoms with Crippen LogP contribution in [0.25, 0.3) is 11.3 Å². The highest BCUT2D eigenvalue weighted by Crippen LogP contribution is 2.26. The highest BCUT2D eigenvalue weighted by Gasteiger charge is 2.24. The lowest BCUT2D eigenvalue weighted by Gasteiger charge is -2.38. The predicted octanol–water partition coefficient (Wildman–Crippen LogP) is 1.93. The maximum atomic E-state index is 9.43. The molecule has 1 aromatic heterocycles. The zero-order valence-corrected chi connectivity index (χ0v) is 13.3. The van der Waals surface area contributed by atoms with Gasteiger partial charge in [-0.25, -0.2) is 0 Å². The Hall–Kier alpha value is -2.13. The Morgan fingerprint density at radius 3 is 2.87 bits per heavy atom. The topological polar surface area (TPSA) is 63.6 Å². The van der Waals surface area contributed by atoms with Crippen molar-refractivity contribution >= 4 is 0 Å². The van der Waals surface area contributed by atoms with Crippen LogP contribution in [-0.2, 0) is 6.54 Å². The van der Waals surface area contributed by atoms with Crippen molar-refractivity contribution < 1.29 is 9.52 Å². The summed E-state index contributed by atoms with van der Waals surface area (Å²) in [5.74, 6) is 1.61. The average Bonchev–Trinajstić information content (AvgIpc) is 3.05. The molecule has 3 rings (SSSR count). The zero-order valence-electron chi connectivity index (χ0n) is 13.3. The van der Waals surface area contributed by atoms with Gasteiger partial charge in [-0.2, -0.15) is 5.26 Å². The Bertz CT molecular complexity index is 704. The van der Waals surface area contributed by atoms with Gasteiger partial charge in [0.25, 0.3) is 0 Å². The van der Waals surface area contributed by atoms with Gasteiger partial charge in [0.15, 0.2) is 0 Å². The summed E-state index contributed by atoms with van der Waals surface area (Å²) >= 11 is 0. The van der Waals surface area contributed by atoms with Gasteiger partial charge < -0.3 is 9.52 Å². The molecule has 5 nitrogen and oxygen atoms in total. The fourth-order valence-corrected chi connectivity index (χ4v) is 2.97. The second-order valence-electron chi connectivity index (χ2n) is 5.98. The van der Waals surface area contributed by atoms with E-state index in [1.807, 2.05) is 37.4 Å². The quantitative estimate of drug-likeness (QED) is 0.935. The van der Waals surface area contributed by atoms with Gasteiger partial charge in [-0.05, 0) is 31.3 Å². The SMILES string of the molecule is CN1CCN(Cc2ccc(-c3ccccc3C#N)o2)C[C@@H]1CO. The van der Waals surface area contributed by atoms with Crippen molar-refractivity contribution in [1.82, 2.24) is 9.80 Å². The van der Waals surface area contributed by atoms with Crippen molar-refractivity contribution in [2.45, 2.75) is 12.6 Å². The molecular weight excluding hydrogens is 290 g/mol. The predicted molar refractivity (Wildman–Crippen MR) is 87.6 cm³/mol. The van der Waals surface area contributed by atoms with Crippen LogP contribution in [0.2, 0.25) is 0 Å². The Morgan fingerprint density at radius 1 is 1.26 bits per heavy atom. The number of hydrogen-bond acceptors (Lipinski definition) is 5. The molecule has 1 atom stereocenters. The highest BCUT2D eigenvalue weighted by atomic mass is 16.3. The molecule has 2 heterocycles. The number of aliphatic hydroxyl groups excluding tert-OH is 1. The third kappa shape index (κ3) is 3.45. The minimum atomic E-state index is 0.173. The van der Waals surface area contributed by atoms with Gasteiger partial charge in [-0.3, -0.25) is 9.80 Å². The molecule has 0 amide bonds. The lowest BCUT2D eigenvalue weighted by atomic mass is 10.1. The molecule has 1 saturated heterocycles. The summed E-state index contributed by atoms with van der Waals surface area (Å²) in [4.78, 5) is 4.48. The second-order valence-corrected chi connectivity index (χ2v) is 5.98. The zero-order chi connectivity index (χ0) is 16.2. The van der Waals surface area contributed by atoms with Gasteiger partial charge in [-0.1, -0.05) is 12.1 Å². The molecule has 0 bridgehead atoms. The standard InChI is InChI=1S/C18H21N3O2/c1-20-8-9-21(11-15(20)13-22)12-16-6-7-18(23-16)17-5-3-2-4-14(17)10-19/h2-7,15,22H,8-9,11-13H2,1H3/t15-/m1/s1. The van der Waals surface area contributed by atoms with Crippen LogP contribution in [0, 0.1) is 11.3 Å². The Morgan fingerprint density at radius 2 is 2.09 bits per heavy atom. The van der Waals surface area contributed by atoms with E-state index in [1.54, 1.807) is 6.07 Å². The van der Waals surface area contributed by atoms with E-state index >= 15 is 0 Å². The van der Waals surface area contributed by atoms with E-state index in [1.165, 1.54) is 0 Å². The first-order valence-electron chi connectivity index (χ1n) is 7.83. The molecule has 1 aliphatic heterocycles. The number of aliphatic hydroxyl groups is 1. The Kier molecular flexibility index (Phi) is 4.77. The Balaban J connectivity index is 1.72.